The number of anilines is 1. The van der Waals surface area contributed by atoms with Crippen LogP contribution in [0, 0.1) is 12.3 Å². The molecule has 0 radical (unpaired) electrons. The number of halogens is 2. The van der Waals surface area contributed by atoms with Crippen LogP contribution in [-0.2, 0) is 22.4 Å². The number of amides is 4. The van der Waals surface area contributed by atoms with E-state index >= 15 is 0 Å². The van der Waals surface area contributed by atoms with E-state index in [2.05, 4.69) is 10.3 Å². The number of imide groups is 2. The van der Waals surface area contributed by atoms with Gasteiger partial charge < -0.3 is 0 Å². The largest absolute Gasteiger partial charge is 0.335 e. The Balaban J connectivity index is 1.79. The molecule has 33 heavy (non-hydrogen) atoms. The molecular formula is C25H21Cl2N3O3. The van der Waals surface area contributed by atoms with E-state index in [-0.39, 0.29) is 17.9 Å². The second-order valence-electron chi connectivity index (χ2n) is 8.03. The van der Waals surface area contributed by atoms with E-state index in [1.165, 1.54) is 0 Å². The summed E-state index contributed by atoms with van der Waals surface area (Å²) in [6.45, 7) is 1.91. The molecule has 1 aliphatic rings. The average Bonchev–Trinajstić information content (AvgIpc) is 2.80. The van der Waals surface area contributed by atoms with E-state index < -0.39 is 23.3 Å². The lowest BCUT2D eigenvalue weighted by atomic mass is 9.74. The first-order valence-corrected chi connectivity index (χ1v) is 11.2. The van der Waals surface area contributed by atoms with Crippen LogP contribution < -0.4 is 10.2 Å². The fraction of sp³-hybridized carbons (Fsp3) is 0.200. The highest BCUT2D eigenvalue weighted by Gasteiger charge is 2.54. The van der Waals surface area contributed by atoms with Gasteiger partial charge in [-0.05, 0) is 62.1 Å². The highest BCUT2D eigenvalue weighted by Crippen LogP contribution is 2.39. The van der Waals surface area contributed by atoms with Crippen LogP contribution in [0.1, 0.15) is 23.2 Å². The molecule has 4 rings (SSSR count). The third kappa shape index (κ3) is 4.49. The van der Waals surface area contributed by atoms with Gasteiger partial charge in [-0.1, -0.05) is 59.1 Å². The number of aromatic nitrogens is 1. The SMILES string of the molecule is Cc1ccc(N2C(=O)NC(=O)[C@](CCc3ccccn3)(Cc3cccc(Cl)c3Cl)C2=O)cc1. The molecule has 0 saturated carbocycles. The minimum absolute atomic E-state index is 0.0144. The molecule has 168 valence electrons. The summed E-state index contributed by atoms with van der Waals surface area (Å²) >= 11 is 12.6. The maximum absolute atomic E-state index is 13.9. The number of hydrogen-bond donors (Lipinski definition) is 1. The molecule has 1 aliphatic heterocycles. The highest BCUT2D eigenvalue weighted by atomic mass is 35.5. The van der Waals surface area contributed by atoms with Crippen LogP contribution in [-0.4, -0.2) is 22.8 Å². The minimum atomic E-state index is -1.58. The lowest BCUT2D eigenvalue weighted by Gasteiger charge is -2.39. The van der Waals surface area contributed by atoms with Crippen LogP contribution in [0.15, 0.2) is 66.9 Å². The van der Waals surface area contributed by atoms with E-state index in [0.717, 1.165) is 16.2 Å². The van der Waals surface area contributed by atoms with Gasteiger partial charge in [0.15, 0.2) is 0 Å². The second-order valence-corrected chi connectivity index (χ2v) is 8.81. The quantitative estimate of drug-likeness (QED) is 0.494. The predicted octanol–water partition coefficient (Wildman–Crippen LogP) is 5.14. The van der Waals surface area contributed by atoms with Crippen LogP contribution in [0.5, 0.6) is 0 Å². The zero-order valence-corrected chi connectivity index (χ0v) is 19.4. The molecule has 0 unspecified atom stereocenters. The number of nitrogens with one attached hydrogen (secondary N) is 1. The molecule has 1 N–H and O–H groups in total. The molecule has 3 aromatic rings. The zero-order valence-electron chi connectivity index (χ0n) is 17.8. The Hall–Kier alpha value is -3.22. The number of barbiturate groups is 1. The molecule has 1 saturated heterocycles. The van der Waals surface area contributed by atoms with Gasteiger partial charge in [0.2, 0.25) is 5.91 Å². The van der Waals surface area contributed by atoms with Gasteiger partial charge in [-0.15, -0.1) is 0 Å². The molecule has 0 aliphatic carbocycles. The van der Waals surface area contributed by atoms with Crippen molar-refractivity contribution in [2.24, 2.45) is 5.41 Å². The van der Waals surface area contributed by atoms with Crippen molar-refractivity contribution in [2.75, 3.05) is 4.90 Å². The third-order valence-electron chi connectivity index (χ3n) is 5.82. The Kier molecular flexibility index (Phi) is 6.49. The summed E-state index contributed by atoms with van der Waals surface area (Å²) in [5, 5.41) is 2.98. The van der Waals surface area contributed by atoms with Crippen LogP contribution in [0.2, 0.25) is 10.0 Å². The Bertz CT molecular complexity index is 1220. The number of nitrogens with zero attached hydrogens (tertiary/aromatic N) is 2. The summed E-state index contributed by atoms with van der Waals surface area (Å²) in [5.41, 5.74) is 1.06. The van der Waals surface area contributed by atoms with Gasteiger partial charge in [-0.3, -0.25) is 19.9 Å². The number of benzene rings is 2. The summed E-state index contributed by atoms with van der Waals surface area (Å²) < 4.78 is 0. The van der Waals surface area contributed by atoms with E-state index in [4.69, 9.17) is 23.2 Å². The average molecular weight is 482 g/mol. The first kappa shape index (κ1) is 23.0. The number of urea groups is 1. The third-order valence-corrected chi connectivity index (χ3v) is 6.68. The fourth-order valence-electron chi connectivity index (χ4n) is 3.97. The summed E-state index contributed by atoms with van der Waals surface area (Å²) in [5.74, 6) is -1.26. The Morgan fingerprint density at radius 3 is 2.42 bits per heavy atom. The second kappa shape index (κ2) is 9.33. The van der Waals surface area contributed by atoms with Gasteiger partial charge in [-0.25, -0.2) is 9.69 Å². The van der Waals surface area contributed by atoms with Crippen LogP contribution >= 0.6 is 23.2 Å². The highest BCUT2D eigenvalue weighted by molar-refractivity contribution is 6.42. The summed E-state index contributed by atoms with van der Waals surface area (Å²) in [6.07, 6.45) is 2.13. The van der Waals surface area contributed by atoms with Crippen molar-refractivity contribution in [1.82, 2.24) is 10.3 Å². The molecule has 0 spiro atoms. The lowest BCUT2D eigenvalue weighted by Crippen LogP contribution is -2.65. The van der Waals surface area contributed by atoms with Crippen molar-refractivity contribution >= 4 is 46.7 Å². The minimum Gasteiger partial charge on any atom is -0.276 e. The number of carbonyl (C=O) groups is 3. The van der Waals surface area contributed by atoms with Crippen molar-refractivity contribution in [3.05, 3.63) is 93.7 Å². The molecule has 4 amide bonds. The molecule has 1 atom stereocenters. The van der Waals surface area contributed by atoms with E-state index in [0.29, 0.717) is 22.7 Å². The summed E-state index contributed by atoms with van der Waals surface area (Å²) in [4.78, 5) is 45.3. The zero-order chi connectivity index (χ0) is 23.6. The topological polar surface area (TPSA) is 79.4 Å². The Morgan fingerprint density at radius 1 is 0.970 bits per heavy atom. The molecule has 8 heteroatoms. The number of rotatable bonds is 6. The predicted molar refractivity (Wildman–Crippen MR) is 127 cm³/mol. The van der Waals surface area contributed by atoms with Gasteiger partial charge in [0.25, 0.3) is 5.91 Å². The number of pyridine rings is 1. The van der Waals surface area contributed by atoms with Crippen molar-refractivity contribution < 1.29 is 14.4 Å². The van der Waals surface area contributed by atoms with E-state index in [1.807, 2.05) is 19.1 Å². The number of hydrogen-bond acceptors (Lipinski definition) is 4. The number of aryl methyl sites for hydroxylation is 2. The van der Waals surface area contributed by atoms with E-state index in [1.54, 1.807) is 54.7 Å². The Morgan fingerprint density at radius 2 is 1.73 bits per heavy atom. The molecule has 2 heterocycles. The van der Waals surface area contributed by atoms with Crippen molar-refractivity contribution in [3.8, 4) is 0 Å². The van der Waals surface area contributed by atoms with Crippen molar-refractivity contribution in [1.29, 1.82) is 0 Å². The van der Waals surface area contributed by atoms with Crippen LogP contribution in [0.3, 0.4) is 0 Å². The smallest absolute Gasteiger partial charge is 0.276 e. The van der Waals surface area contributed by atoms with Gasteiger partial charge in [0.05, 0.1) is 15.7 Å². The molecule has 2 aromatic carbocycles. The standard InChI is InChI=1S/C25H21Cl2N3O3/c1-16-8-10-19(11-9-16)30-23(32)25(22(31)29-24(30)33,13-12-18-6-2-3-14-28-18)15-17-5-4-7-20(26)21(17)27/h2-11,14H,12-13,15H2,1H3,(H,29,31,33)/t25-/m0/s1. The van der Waals surface area contributed by atoms with Gasteiger partial charge in [0.1, 0.15) is 5.41 Å². The van der Waals surface area contributed by atoms with Crippen molar-refractivity contribution in [2.45, 2.75) is 26.2 Å². The normalized spacial score (nSPS) is 18.4. The van der Waals surface area contributed by atoms with Gasteiger partial charge in [0, 0.05) is 11.9 Å². The molecule has 6 nitrogen and oxygen atoms in total. The maximum Gasteiger partial charge on any atom is 0.335 e. The lowest BCUT2D eigenvalue weighted by molar-refractivity contribution is -0.143. The van der Waals surface area contributed by atoms with Crippen LogP contribution in [0.25, 0.3) is 0 Å². The van der Waals surface area contributed by atoms with E-state index in [9.17, 15) is 14.4 Å². The van der Waals surface area contributed by atoms with Crippen LogP contribution in [0.4, 0.5) is 10.5 Å². The summed E-state index contributed by atoms with van der Waals surface area (Å²) in [7, 11) is 0. The Labute approximate surface area is 201 Å². The first-order chi connectivity index (χ1) is 15.8. The molecule has 1 aromatic heterocycles. The number of carbonyl (C=O) groups excluding carboxylic acids is 3. The monoisotopic (exact) mass is 481 g/mol. The molecule has 1 fully saturated rings. The van der Waals surface area contributed by atoms with Gasteiger partial charge >= 0.3 is 6.03 Å². The molecule has 0 bridgehead atoms. The summed E-state index contributed by atoms with van der Waals surface area (Å²) in [6, 6.07) is 16.7. The van der Waals surface area contributed by atoms with Gasteiger partial charge in [-0.2, -0.15) is 0 Å². The first-order valence-electron chi connectivity index (χ1n) is 10.4. The van der Waals surface area contributed by atoms with Crippen molar-refractivity contribution in [3.63, 3.8) is 0 Å². The fourth-order valence-corrected chi connectivity index (χ4v) is 4.35. The molecular weight excluding hydrogens is 461 g/mol. The maximum atomic E-state index is 13.9.